The van der Waals surface area contributed by atoms with Crippen LogP contribution in [0.4, 0.5) is 4.39 Å². The summed E-state index contributed by atoms with van der Waals surface area (Å²) in [5.41, 5.74) is 2.06. The molecular formula is C20H16ClFN2O. The zero-order valence-electron chi connectivity index (χ0n) is 13.4. The Morgan fingerprint density at radius 2 is 1.76 bits per heavy atom. The van der Waals surface area contributed by atoms with E-state index in [1.54, 1.807) is 17.0 Å². The minimum absolute atomic E-state index is 0.0986. The van der Waals surface area contributed by atoms with Gasteiger partial charge in [0.05, 0.1) is 11.6 Å². The third kappa shape index (κ3) is 2.83. The molecule has 3 aromatic rings. The second-order valence-corrected chi connectivity index (χ2v) is 6.50. The number of nitrogens with zero attached hydrogens (tertiary/aromatic N) is 2. The van der Waals surface area contributed by atoms with E-state index in [0.29, 0.717) is 18.1 Å². The fourth-order valence-electron chi connectivity index (χ4n) is 3.39. The maximum Gasteiger partial charge on any atom is 0.257 e. The number of aromatic nitrogens is 1. The van der Waals surface area contributed by atoms with Gasteiger partial charge in [-0.05, 0) is 42.0 Å². The average molecular weight is 355 g/mol. The first-order chi connectivity index (χ1) is 12.1. The molecular weight excluding hydrogens is 339 g/mol. The minimum atomic E-state index is -0.497. The fraction of sp³-hybridized carbons (Fsp3) is 0.150. The molecule has 0 N–H and O–H groups in total. The van der Waals surface area contributed by atoms with Crippen LogP contribution >= 0.6 is 11.6 Å². The van der Waals surface area contributed by atoms with Crippen LogP contribution in [0.2, 0.25) is 5.02 Å². The summed E-state index contributed by atoms with van der Waals surface area (Å²) in [5.74, 6) is -0.797. The summed E-state index contributed by atoms with van der Waals surface area (Å²) in [4.78, 5) is 14.8. The molecule has 0 spiro atoms. The molecule has 2 aromatic carbocycles. The van der Waals surface area contributed by atoms with E-state index in [9.17, 15) is 9.18 Å². The van der Waals surface area contributed by atoms with Gasteiger partial charge in [0.25, 0.3) is 5.91 Å². The van der Waals surface area contributed by atoms with Crippen molar-refractivity contribution in [2.75, 3.05) is 6.54 Å². The van der Waals surface area contributed by atoms with Crippen molar-refractivity contribution in [1.82, 2.24) is 9.47 Å². The molecule has 1 aromatic heterocycles. The van der Waals surface area contributed by atoms with Gasteiger partial charge in [0.2, 0.25) is 0 Å². The van der Waals surface area contributed by atoms with Crippen molar-refractivity contribution < 1.29 is 9.18 Å². The van der Waals surface area contributed by atoms with Crippen LogP contribution < -0.4 is 0 Å². The Kier molecular flexibility index (Phi) is 4.06. The van der Waals surface area contributed by atoms with E-state index < -0.39 is 5.82 Å². The highest BCUT2D eigenvalue weighted by Crippen LogP contribution is 2.34. The molecule has 1 unspecified atom stereocenters. The molecule has 1 aliphatic heterocycles. The molecule has 2 heterocycles. The molecule has 3 nitrogen and oxygen atoms in total. The van der Waals surface area contributed by atoms with Gasteiger partial charge in [-0.25, -0.2) is 4.39 Å². The van der Waals surface area contributed by atoms with Crippen molar-refractivity contribution >= 4 is 17.5 Å². The third-order valence-corrected chi connectivity index (χ3v) is 4.84. The smallest absolute Gasteiger partial charge is 0.257 e. The number of carbonyl (C=O) groups is 1. The molecule has 0 saturated heterocycles. The van der Waals surface area contributed by atoms with Crippen molar-refractivity contribution in [2.45, 2.75) is 12.6 Å². The van der Waals surface area contributed by atoms with Crippen LogP contribution in [0.1, 0.15) is 27.7 Å². The molecule has 126 valence electrons. The lowest BCUT2D eigenvalue weighted by molar-refractivity contribution is 0.0659. The van der Waals surface area contributed by atoms with Crippen molar-refractivity contribution in [1.29, 1.82) is 0 Å². The highest BCUT2D eigenvalue weighted by Gasteiger charge is 2.33. The zero-order valence-corrected chi connectivity index (χ0v) is 14.2. The highest BCUT2D eigenvalue weighted by atomic mass is 35.5. The molecule has 25 heavy (non-hydrogen) atoms. The van der Waals surface area contributed by atoms with Crippen molar-refractivity contribution in [3.05, 3.63) is 94.5 Å². The van der Waals surface area contributed by atoms with E-state index in [2.05, 4.69) is 4.57 Å². The van der Waals surface area contributed by atoms with Crippen LogP contribution in [0.25, 0.3) is 0 Å². The van der Waals surface area contributed by atoms with E-state index in [1.165, 1.54) is 12.1 Å². The Hall–Kier alpha value is -2.59. The summed E-state index contributed by atoms with van der Waals surface area (Å²) in [7, 11) is 0. The lowest BCUT2D eigenvalue weighted by Gasteiger charge is -2.37. The van der Waals surface area contributed by atoms with Gasteiger partial charge in [-0.15, -0.1) is 0 Å². The quantitative estimate of drug-likeness (QED) is 0.664. The molecule has 0 aliphatic carbocycles. The number of halogens is 2. The molecule has 1 amide bonds. The Labute approximate surface area is 150 Å². The molecule has 0 bridgehead atoms. The summed E-state index contributed by atoms with van der Waals surface area (Å²) < 4.78 is 16.3. The SMILES string of the molecule is O=C(c1ccccc1F)N1CCn2cccc2C1c1ccc(Cl)cc1. The maximum absolute atomic E-state index is 14.1. The third-order valence-electron chi connectivity index (χ3n) is 4.59. The predicted octanol–water partition coefficient (Wildman–Crippen LogP) is 4.53. The average Bonchev–Trinajstić information content (AvgIpc) is 3.10. The molecule has 0 radical (unpaired) electrons. The molecule has 0 fully saturated rings. The molecule has 5 heteroatoms. The number of amides is 1. The number of carbonyl (C=O) groups excluding carboxylic acids is 1. The number of hydrogen-bond donors (Lipinski definition) is 0. The predicted molar refractivity (Wildman–Crippen MR) is 95.2 cm³/mol. The van der Waals surface area contributed by atoms with E-state index in [0.717, 1.165) is 11.3 Å². The van der Waals surface area contributed by atoms with E-state index >= 15 is 0 Å². The minimum Gasteiger partial charge on any atom is -0.348 e. The summed E-state index contributed by atoms with van der Waals surface area (Å²) in [6.07, 6.45) is 2.00. The van der Waals surface area contributed by atoms with Gasteiger partial charge in [0.15, 0.2) is 0 Å². The standard InChI is InChI=1S/C20H16ClFN2O/c21-15-9-7-14(8-10-15)19-18-6-3-11-23(18)12-13-24(19)20(25)16-4-1-2-5-17(16)22/h1-11,19H,12-13H2. The summed E-state index contributed by atoms with van der Waals surface area (Å²) in [6.45, 7) is 1.20. The number of rotatable bonds is 2. The van der Waals surface area contributed by atoms with Crippen molar-refractivity contribution in [2.24, 2.45) is 0 Å². The Balaban J connectivity index is 1.79. The van der Waals surface area contributed by atoms with Crippen LogP contribution in [0.15, 0.2) is 66.9 Å². The van der Waals surface area contributed by atoms with Crippen LogP contribution in [-0.2, 0) is 6.54 Å². The van der Waals surface area contributed by atoms with Crippen LogP contribution in [0.5, 0.6) is 0 Å². The summed E-state index contributed by atoms with van der Waals surface area (Å²) in [6, 6.07) is 17.3. The molecule has 0 saturated carbocycles. The lowest BCUT2D eigenvalue weighted by atomic mass is 9.99. The topological polar surface area (TPSA) is 25.2 Å². The largest absolute Gasteiger partial charge is 0.348 e. The van der Waals surface area contributed by atoms with Gasteiger partial charge in [0.1, 0.15) is 5.82 Å². The Morgan fingerprint density at radius 1 is 1.00 bits per heavy atom. The van der Waals surface area contributed by atoms with Gasteiger partial charge < -0.3 is 9.47 Å². The van der Waals surface area contributed by atoms with Crippen LogP contribution in [-0.4, -0.2) is 21.9 Å². The fourth-order valence-corrected chi connectivity index (χ4v) is 3.51. The van der Waals surface area contributed by atoms with Gasteiger partial charge in [-0.2, -0.15) is 0 Å². The van der Waals surface area contributed by atoms with Gasteiger partial charge in [0, 0.05) is 30.0 Å². The lowest BCUT2D eigenvalue weighted by Crippen LogP contribution is -2.42. The number of benzene rings is 2. The Morgan fingerprint density at radius 3 is 2.52 bits per heavy atom. The number of fused-ring (bicyclic) bond motifs is 1. The Bertz CT molecular complexity index is 919. The second kappa shape index (κ2) is 6.37. The number of hydrogen-bond acceptors (Lipinski definition) is 1. The maximum atomic E-state index is 14.1. The summed E-state index contributed by atoms with van der Waals surface area (Å²) >= 11 is 6.01. The summed E-state index contributed by atoms with van der Waals surface area (Å²) in [5, 5.41) is 0.641. The molecule has 1 aliphatic rings. The normalized spacial score (nSPS) is 16.6. The molecule has 1 atom stereocenters. The van der Waals surface area contributed by atoms with E-state index in [-0.39, 0.29) is 17.5 Å². The van der Waals surface area contributed by atoms with Crippen molar-refractivity contribution in [3.63, 3.8) is 0 Å². The first-order valence-electron chi connectivity index (χ1n) is 8.11. The van der Waals surface area contributed by atoms with Gasteiger partial charge >= 0.3 is 0 Å². The zero-order chi connectivity index (χ0) is 17.4. The monoisotopic (exact) mass is 354 g/mol. The first kappa shape index (κ1) is 15.9. The molecule has 4 rings (SSSR count). The van der Waals surface area contributed by atoms with Crippen LogP contribution in [0, 0.1) is 5.82 Å². The van der Waals surface area contributed by atoms with Crippen molar-refractivity contribution in [3.8, 4) is 0 Å². The van der Waals surface area contributed by atoms with Gasteiger partial charge in [-0.3, -0.25) is 4.79 Å². The highest BCUT2D eigenvalue weighted by molar-refractivity contribution is 6.30. The second-order valence-electron chi connectivity index (χ2n) is 6.06. The van der Waals surface area contributed by atoms with Crippen LogP contribution in [0.3, 0.4) is 0 Å². The van der Waals surface area contributed by atoms with E-state index in [4.69, 9.17) is 11.6 Å². The van der Waals surface area contributed by atoms with E-state index in [1.807, 2.05) is 42.6 Å². The van der Waals surface area contributed by atoms with Gasteiger partial charge in [-0.1, -0.05) is 35.9 Å². The first-order valence-corrected chi connectivity index (χ1v) is 8.49.